The number of nitrogens with one attached hydrogen (secondary N) is 1. The zero-order valence-electron chi connectivity index (χ0n) is 22.5. The fraction of sp³-hybridized carbons (Fsp3) is 0.556. The molecule has 0 bridgehead atoms. The van der Waals surface area contributed by atoms with E-state index in [9.17, 15) is 19.2 Å². The first kappa shape index (κ1) is 33.0. The number of carbonyl (C=O) groups excluding carboxylic acids is 3. The van der Waals surface area contributed by atoms with E-state index in [1.807, 2.05) is 0 Å². The maximum Gasteiger partial charge on any atom is 0.305 e. The lowest BCUT2D eigenvalue weighted by Crippen LogP contribution is -2.29. The van der Waals surface area contributed by atoms with Gasteiger partial charge in [-0.1, -0.05) is 12.1 Å². The van der Waals surface area contributed by atoms with Gasteiger partial charge in [0.2, 0.25) is 0 Å². The number of carboxylic acid groups (broad SMARTS) is 1. The van der Waals surface area contributed by atoms with Gasteiger partial charge < -0.3 is 38.8 Å². The summed E-state index contributed by atoms with van der Waals surface area (Å²) in [6.07, 6.45) is 2.46. The average molecular weight is 567 g/mol. The third-order valence-electron chi connectivity index (χ3n) is 5.31. The molecule has 0 fully saturated rings. The molecule has 1 aliphatic rings. The average Bonchev–Trinajstić information content (AvgIpc) is 3.26. The molecule has 0 saturated heterocycles. The Kier molecular flexibility index (Phi) is 17.1. The van der Waals surface area contributed by atoms with Crippen LogP contribution in [-0.2, 0) is 49.3 Å². The van der Waals surface area contributed by atoms with Crippen LogP contribution in [0.15, 0.2) is 36.4 Å². The predicted octanol–water partition coefficient (Wildman–Crippen LogP) is 0.416. The molecular formula is C27H38N2O11. The van der Waals surface area contributed by atoms with E-state index in [4.69, 9.17) is 33.5 Å². The second-order valence-corrected chi connectivity index (χ2v) is 8.37. The number of benzene rings is 1. The summed E-state index contributed by atoms with van der Waals surface area (Å²) < 4.78 is 32.0. The SMILES string of the molecule is O=C(O)CCOCCOCCOCCOCCOCCOCCNC(=O)c1ccc(CN2C(=O)C=CC2=O)cc1. The van der Waals surface area contributed by atoms with Gasteiger partial charge in [-0.15, -0.1) is 0 Å². The number of imide groups is 1. The highest BCUT2D eigenvalue weighted by molar-refractivity contribution is 6.12. The molecule has 2 rings (SSSR count). The summed E-state index contributed by atoms with van der Waals surface area (Å²) in [5.41, 5.74) is 1.22. The van der Waals surface area contributed by atoms with Crippen molar-refractivity contribution in [3.8, 4) is 0 Å². The van der Waals surface area contributed by atoms with Crippen molar-refractivity contribution in [2.45, 2.75) is 13.0 Å². The van der Waals surface area contributed by atoms with Gasteiger partial charge in [-0.2, -0.15) is 0 Å². The van der Waals surface area contributed by atoms with Crippen molar-refractivity contribution in [3.05, 3.63) is 47.5 Å². The van der Waals surface area contributed by atoms with Crippen LogP contribution in [0, 0.1) is 0 Å². The number of rotatable bonds is 24. The summed E-state index contributed by atoms with van der Waals surface area (Å²) in [5, 5.41) is 11.2. The van der Waals surface area contributed by atoms with E-state index >= 15 is 0 Å². The Morgan fingerprint density at radius 2 is 1.07 bits per heavy atom. The van der Waals surface area contributed by atoms with Crippen molar-refractivity contribution in [1.82, 2.24) is 10.2 Å². The van der Waals surface area contributed by atoms with Crippen molar-refractivity contribution in [1.29, 1.82) is 0 Å². The first-order valence-electron chi connectivity index (χ1n) is 13.1. The molecule has 0 aromatic heterocycles. The highest BCUT2D eigenvalue weighted by Gasteiger charge is 2.23. The van der Waals surface area contributed by atoms with Crippen molar-refractivity contribution in [2.75, 3.05) is 85.8 Å². The van der Waals surface area contributed by atoms with Crippen LogP contribution in [0.25, 0.3) is 0 Å². The topological polar surface area (TPSA) is 159 Å². The molecular weight excluding hydrogens is 528 g/mol. The smallest absolute Gasteiger partial charge is 0.305 e. The standard InChI is InChI=1S/C27H38N2O11/c30-24-5-6-25(31)29(24)21-22-1-3-23(4-2-22)27(34)28-8-10-36-12-14-38-16-18-40-20-19-39-17-15-37-13-11-35-9-7-26(32)33/h1-6H,7-21H2,(H,28,34)(H,32,33). The van der Waals surface area contributed by atoms with Crippen molar-refractivity contribution >= 4 is 23.7 Å². The Bertz CT molecular complexity index is 919. The van der Waals surface area contributed by atoms with Crippen LogP contribution in [0.1, 0.15) is 22.3 Å². The fourth-order valence-electron chi connectivity index (χ4n) is 3.23. The van der Waals surface area contributed by atoms with Crippen LogP contribution in [0.4, 0.5) is 0 Å². The van der Waals surface area contributed by atoms with Crippen LogP contribution in [0.3, 0.4) is 0 Å². The summed E-state index contributed by atoms with van der Waals surface area (Å²) >= 11 is 0. The quantitative estimate of drug-likeness (QED) is 0.132. The molecule has 13 heteroatoms. The molecule has 0 aliphatic carbocycles. The van der Waals surface area contributed by atoms with Gasteiger partial charge in [-0.3, -0.25) is 24.1 Å². The van der Waals surface area contributed by atoms with Gasteiger partial charge >= 0.3 is 5.97 Å². The summed E-state index contributed by atoms with van der Waals surface area (Å²) in [5.74, 6) is -1.82. The van der Waals surface area contributed by atoms with E-state index in [1.54, 1.807) is 24.3 Å². The molecule has 0 saturated carbocycles. The number of carbonyl (C=O) groups is 4. The third-order valence-corrected chi connectivity index (χ3v) is 5.31. The van der Waals surface area contributed by atoms with Gasteiger partial charge in [0.25, 0.3) is 17.7 Å². The lowest BCUT2D eigenvalue weighted by Gasteiger charge is -2.14. The van der Waals surface area contributed by atoms with Crippen molar-refractivity contribution < 1.29 is 52.7 Å². The van der Waals surface area contributed by atoms with E-state index in [-0.39, 0.29) is 37.3 Å². The first-order valence-corrected chi connectivity index (χ1v) is 13.1. The maximum atomic E-state index is 12.2. The largest absolute Gasteiger partial charge is 0.481 e. The molecule has 1 aliphatic heterocycles. The lowest BCUT2D eigenvalue weighted by molar-refractivity contribution is -0.139. The Morgan fingerprint density at radius 3 is 1.52 bits per heavy atom. The number of carboxylic acids is 1. The number of hydrogen-bond donors (Lipinski definition) is 2. The number of hydrogen-bond acceptors (Lipinski definition) is 10. The molecule has 1 aromatic carbocycles. The Hall–Kier alpha value is -3.20. The zero-order valence-corrected chi connectivity index (χ0v) is 22.5. The molecule has 222 valence electrons. The summed E-state index contributed by atoms with van der Waals surface area (Å²) in [7, 11) is 0. The summed E-state index contributed by atoms with van der Waals surface area (Å²) in [6, 6.07) is 6.72. The van der Waals surface area contributed by atoms with Crippen molar-refractivity contribution in [3.63, 3.8) is 0 Å². The second-order valence-electron chi connectivity index (χ2n) is 8.37. The molecule has 13 nitrogen and oxygen atoms in total. The highest BCUT2D eigenvalue weighted by atomic mass is 16.6. The third kappa shape index (κ3) is 14.8. The van der Waals surface area contributed by atoms with Crippen LogP contribution >= 0.6 is 0 Å². The van der Waals surface area contributed by atoms with E-state index < -0.39 is 5.97 Å². The van der Waals surface area contributed by atoms with Crippen LogP contribution in [-0.4, -0.2) is 120 Å². The molecule has 0 radical (unpaired) electrons. The van der Waals surface area contributed by atoms with Gasteiger partial charge in [0.15, 0.2) is 0 Å². The lowest BCUT2D eigenvalue weighted by atomic mass is 10.1. The summed E-state index contributed by atoms with van der Waals surface area (Å²) in [6.45, 7) is 5.16. The Morgan fingerprint density at radius 1 is 0.650 bits per heavy atom. The monoisotopic (exact) mass is 566 g/mol. The van der Waals surface area contributed by atoms with E-state index in [1.165, 1.54) is 12.2 Å². The molecule has 0 spiro atoms. The Balaban J connectivity index is 1.33. The van der Waals surface area contributed by atoms with Crippen LogP contribution in [0.2, 0.25) is 0 Å². The molecule has 2 N–H and O–H groups in total. The van der Waals surface area contributed by atoms with Crippen LogP contribution in [0.5, 0.6) is 0 Å². The van der Waals surface area contributed by atoms with Crippen LogP contribution < -0.4 is 5.32 Å². The first-order chi connectivity index (χ1) is 19.5. The Labute approximate surface area is 233 Å². The summed E-state index contributed by atoms with van der Waals surface area (Å²) in [4.78, 5) is 47.0. The van der Waals surface area contributed by atoms with Gasteiger partial charge in [-0.05, 0) is 17.7 Å². The maximum absolute atomic E-state index is 12.2. The molecule has 3 amide bonds. The predicted molar refractivity (Wildman–Crippen MR) is 141 cm³/mol. The normalized spacial score (nSPS) is 12.8. The number of ether oxygens (including phenoxy) is 6. The van der Waals surface area contributed by atoms with Crippen molar-refractivity contribution in [2.24, 2.45) is 0 Å². The zero-order chi connectivity index (χ0) is 28.8. The van der Waals surface area contributed by atoms with E-state index in [2.05, 4.69) is 5.32 Å². The second kappa shape index (κ2) is 20.7. The van der Waals surface area contributed by atoms with Gasteiger partial charge in [0.05, 0.1) is 92.2 Å². The fourth-order valence-corrected chi connectivity index (χ4v) is 3.23. The minimum absolute atomic E-state index is 0.0155. The molecule has 0 unspecified atom stereocenters. The van der Waals surface area contributed by atoms with Gasteiger partial charge in [0, 0.05) is 24.3 Å². The minimum Gasteiger partial charge on any atom is -0.481 e. The van der Waals surface area contributed by atoms with E-state index in [0.717, 1.165) is 10.5 Å². The number of amides is 3. The molecule has 1 heterocycles. The molecule has 1 aromatic rings. The minimum atomic E-state index is -0.886. The highest BCUT2D eigenvalue weighted by Crippen LogP contribution is 2.12. The van der Waals surface area contributed by atoms with Gasteiger partial charge in [0.1, 0.15) is 0 Å². The number of nitrogens with zero attached hydrogens (tertiary/aromatic N) is 1. The molecule has 40 heavy (non-hydrogen) atoms. The van der Waals surface area contributed by atoms with Gasteiger partial charge in [-0.25, -0.2) is 0 Å². The van der Waals surface area contributed by atoms with E-state index in [0.29, 0.717) is 84.8 Å². The molecule has 0 atom stereocenters. The number of aliphatic carboxylic acids is 1.